The second kappa shape index (κ2) is 4.23. The van der Waals surface area contributed by atoms with E-state index in [1.165, 1.54) is 0 Å². The van der Waals surface area contributed by atoms with E-state index in [-0.39, 0.29) is 6.04 Å². The van der Waals surface area contributed by atoms with Crippen molar-refractivity contribution < 1.29 is 0 Å². The zero-order valence-corrected chi connectivity index (χ0v) is 10.1. The van der Waals surface area contributed by atoms with Crippen molar-refractivity contribution in [2.45, 2.75) is 13.0 Å². The fourth-order valence-corrected chi connectivity index (χ4v) is 2.03. The molecule has 4 heteroatoms. The minimum absolute atomic E-state index is 0.157. The summed E-state index contributed by atoms with van der Waals surface area (Å²) in [6.07, 6.45) is 3.72. The summed E-state index contributed by atoms with van der Waals surface area (Å²) in [5.41, 5.74) is 8.90. The lowest BCUT2D eigenvalue weighted by Gasteiger charge is -2.05. The average molecular weight is 238 g/mol. The third-order valence-corrected chi connectivity index (χ3v) is 2.95. The molecule has 0 saturated carbocycles. The van der Waals surface area contributed by atoms with E-state index in [1.54, 1.807) is 6.20 Å². The summed E-state index contributed by atoms with van der Waals surface area (Å²) >= 11 is 0. The molecule has 0 fully saturated rings. The number of benzene rings is 1. The SMILES string of the molecule is CC(N)c1nccc(-c2c[nH]c3ccccc23)n1. The predicted octanol–water partition coefficient (Wildman–Crippen LogP) is 2.64. The van der Waals surface area contributed by atoms with Crippen LogP contribution in [0.5, 0.6) is 0 Å². The van der Waals surface area contributed by atoms with Gasteiger partial charge in [0, 0.05) is 28.9 Å². The Kier molecular flexibility index (Phi) is 2.57. The molecule has 0 aliphatic rings. The van der Waals surface area contributed by atoms with Gasteiger partial charge in [0.15, 0.2) is 0 Å². The maximum absolute atomic E-state index is 5.82. The maximum atomic E-state index is 5.82. The molecular weight excluding hydrogens is 224 g/mol. The first-order chi connectivity index (χ1) is 8.75. The zero-order chi connectivity index (χ0) is 12.5. The highest BCUT2D eigenvalue weighted by Crippen LogP contribution is 2.27. The van der Waals surface area contributed by atoms with E-state index in [4.69, 9.17) is 5.73 Å². The molecule has 3 N–H and O–H groups in total. The van der Waals surface area contributed by atoms with Crippen LogP contribution in [0, 0.1) is 0 Å². The molecule has 18 heavy (non-hydrogen) atoms. The molecule has 4 nitrogen and oxygen atoms in total. The number of fused-ring (bicyclic) bond motifs is 1. The number of hydrogen-bond donors (Lipinski definition) is 2. The van der Waals surface area contributed by atoms with Crippen molar-refractivity contribution in [1.29, 1.82) is 0 Å². The highest BCUT2D eigenvalue weighted by molar-refractivity contribution is 5.94. The van der Waals surface area contributed by atoms with Crippen molar-refractivity contribution in [3.05, 3.63) is 48.5 Å². The Morgan fingerprint density at radius 3 is 2.89 bits per heavy atom. The van der Waals surface area contributed by atoms with E-state index in [1.807, 2.05) is 37.4 Å². The van der Waals surface area contributed by atoms with Crippen molar-refractivity contribution >= 4 is 10.9 Å². The molecule has 0 aliphatic carbocycles. The minimum Gasteiger partial charge on any atom is -0.360 e. The topological polar surface area (TPSA) is 67.6 Å². The summed E-state index contributed by atoms with van der Waals surface area (Å²) < 4.78 is 0. The Hall–Kier alpha value is -2.20. The molecule has 3 aromatic rings. The van der Waals surface area contributed by atoms with Crippen LogP contribution in [0.25, 0.3) is 22.2 Å². The number of nitrogens with one attached hydrogen (secondary N) is 1. The second-order valence-electron chi connectivity index (χ2n) is 4.34. The monoisotopic (exact) mass is 238 g/mol. The quantitative estimate of drug-likeness (QED) is 0.721. The van der Waals surface area contributed by atoms with Crippen LogP contribution in [0.2, 0.25) is 0 Å². The molecule has 0 spiro atoms. The molecule has 1 atom stereocenters. The highest BCUT2D eigenvalue weighted by Gasteiger charge is 2.09. The van der Waals surface area contributed by atoms with Gasteiger partial charge in [-0.05, 0) is 19.1 Å². The largest absolute Gasteiger partial charge is 0.360 e. The summed E-state index contributed by atoms with van der Waals surface area (Å²) in [6, 6.07) is 9.90. The summed E-state index contributed by atoms with van der Waals surface area (Å²) in [7, 11) is 0. The van der Waals surface area contributed by atoms with E-state index in [0.717, 1.165) is 22.2 Å². The lowest BCUT2D eigenvalue weighted by molar-refractivity contribution is 0.741. The van der Waals surface area contributed by atoms with Gasteiger partial charge in [-0.2, -0.15) is 0 Å². The fraction of sp³-hybridized carbons (Fsp3) is 0.143. The first-order valence-electron chi connectivity index (χ1n) is 5.91. The van der Waals surface area contributed by atoms with Gasteiger partial charge in [0.1, 0.15) is 5.82 Å². The van der Waals surface area contributed by atoms with Crippen LogP contribution in [0.3, 0.4) is 0 Å². The van der Waals surface area contributed by atoms with E-state index in [9.17, 15) is 0 Å². The maximum Gasteiger partial charge on any atom is 0.145 e. The van der Waals surface area contributed by atoms with Crippen LogP contribution in [-0.4, -0.2) is 15.0 Å². The van der Waals surface area contributed by atoms with Gasteiger partial charge in [-0.15, -0.1) is 0 Å². The van der Waals surface area contributed by atoms with Gasteiger partial charge in [0.2, 0.25) is 0 Å². The predicted molar refractivity (Wildman–Crippen MR) is 71.9 cm³/mol. The van der Waals surface area contributed by atoms with Gasteiger partial charge in [-0.1, -0.05) is 18.2 Å². The van der Waals surface area contributed by atoms with Crippen molar-refractivity contribution in [1.82, 2.24) is 15.0 Å². The Labute approximate surface area is 105 Å². The number of nitrogens with zero attached hydrogens (tertiary/aromatic N) is 2. The molecule has 2 aromatic heterocycles. The Bertz CT molecular complexity index is 685. The van der Waals surface area contributed by atoms with Crippen molar-refractivity contribution in [3.8, 4) is 11.3 Å². The van der Waals surface area contributed by atoms with Gasteiger partial charge in [-0.25, -0.2) is 9.97 Å². The van der Waals surface area contributed by atoms with E-state index >= 15 is 0 Å². The summed E-state index contributed by atoms with van der Waals surface area (Å²) in [5, 5.41) is 1.16. The van der Waals surface area contributed by atoms with Crippen LogP contribution in [0.15, 0.2) is 42.7 Å². The van der Waals surface area contributed by atoms with E-state index in [0.29, 0.717) is 5.82 Å². The molecule has 0 radical (unpaired) electrons. The average Bonchev–Trinajstić information content (AvgIpc) is 2.82. The van der Waals surface area contributed by atoms with Crippen molar-refractivity contribution in [2.75, 3.05) is 0 Å². The number of hydrogen-bond acceptors (Lipinski definition) is 3. The van der Waals surface area contributed by atoms with Crippen molar-refractivity contribution in [2.24, 2.45) is 5.73 Å². The molecule has 90 valence electrons. The molecule has 1 aromatic carbocycles. The summed E-state index contributed by atoms with van der Waals surface area (Å²) in [6.45, 7) is 1.88. The summed E-state index contributed by atoms with van der Waals surface area (Å²) in [4.78, 5) is 11.9. The Morgan fingerprint density at radius 1 is 1.22 bits per heavy atom. The fourth-order valence-electron chi connectivity index (χ4n) is 2.03. The second-order valence-corrected chi connectivity index (χ2v) is 4.34. The standard InChI is InChI=1S/C14H14N4/c1-9(15)14-16-7-6-13(18-14)11-8-17-12-5-3-2-4-10(11)12/h2-9,17H,15H2,1H3. The molecular formula is C14H14N4. The molecule has 3 rings (SSSR count). The zero-order valence-electron chi connectivity index (χ0n) is 10.1. The molecule has 0 amide bonds. The highest BCUT2D eigenvalue weighted by atomic mass is 14.9. The third kappa shape index (κ3) is 1.76. The molecule has 2 heterocycles. The first-order valence-corrected chi connectivity index (χ1v) is 5.91. The number of rotatable bonds is 2. The van der Waals surface area contributed by atoms with E-state index in [2.05, 4.69) is 21.0 Å². The van der Waals surface area contributed by atoms with Crippen molar-refractivity contribution in [3.63, 3.8) is 0 Å². The lowest BCUT2D eigenvalue weighted by atomic mass is 10.1. The molecule has 0 saturated heterocycles. The smallest absolute Gasteiger partial charge is 0.145 e. The van der Waals surface area contributed by atoms with Crippen LogP contribution in [-0.2, 0) is 0 Å². The number of aromatic amines is 1. The van der Waals surface area contributed by atoms with Gasteiger partial charge < -0.3 is 10.7 Å². The molecule has 1 unspecified atom stereocenters. The van der Waals surface area contributed by atoms with Gasteiger partial charge in [-0.3, -0.25) is 0 Å². The number of para-hydroxylation sites is 1. The lowest BCUT2D eigenvalue weighted by Crippen LogP contribution is -2.09. The van der Waals surface area contributed by atoms with Crippen LogP contribution in [0.4, 0.5) is 0 Å². The van der Waals surface area contributed by atoms with Crippen LogP contribution >= 0.6 is 0 Å². The van der Waals surface area contributed by atoms with Gasteiger partial charge in [0.05, 0.1) is 11.7 Å². The van der Waals surface area contributed by atoms with Gasteiger partial charge in [0.25, 0.3) is 0 Å². The van der Waals surface area contributed by atoms with E-state index < -0.39 is 0 Å². The van der Waals surface area contributed by atoms with Crippen LogP contribution in [0.1, 0.15) is 18.8 Å². The Balaban J connectivity index is 2.17. The van der Waals surface area contributed by atoms with Crippen LogP contribution < -0.4 is 5.73 Å². The third-order valence-electron chi connectivity index (χ3n) is 2.95. The number of H-pyrrole nitrogens is 1. The minimum atomic E-state index is -0.157. The number of aromatic nitrogens is 3. The number of nitrogens with two attached hydrogens (primary N) is 1. The molecule has 0 bridgehead atoms. The Morgan fingerprint density at radius 2 is 2.06 bits per heavy atom. The normalized spacial score (nSPS) is 12.8. The van der Waals surface area contributed by atoms with Gasteiger partial charge >= 0.3 is 0 Å². The molecule has 0 aliphatic heterocycles. The summed E-state index contributed by atoms with van der Waals surface area (Å²) in [5.74, 6) is 0.665. The first kappa shape index (κ1) is 10.9.